The zero-order valence-corrected chi connectivity index (χ0v) is 6.45. The molecule has 1 N–H and O–H groups in total. The Kier molecular flexibility index (Phi) is 66.6. The molecule has 42 valence electrons. The van der Waals surface area contributed by atoms with E-state index in [4.69, 9.17) is 15.3 Å². The Balaban J connectivity index is -0.0000000150. The van der Waals surface area contributed by atoms with Crippen molar-refractivity contribution < 1.29 is 16.0 Å². The van der Waals surface area contributed by atoms with E-state index in [0.29, 0.717) is 0 Å². The molecule has 7 heteroatoms. The average Bonchev–Trinajstić information content (AvgIpc) is 0.811. The molecule has 2 radical (unpaired) electrons. The molecule has 0 rings (SSSR count). The normalized spacial score (nSPS) is 3.43. The van der Waals surface area contributed by atoms with Crippen LogP contribution < -0.4 is 0 Å². The van der Waals surface area contributed by atoms with Gasteiger partial charge in [-0.3, -0.25) is 0 Å². The maximum atomic E-state index is 8.25. The summed E-state index contributed by atoms with van der Waals surface area (Å²) in [4.78, 5) is 8.25. The van der Waals surface area contributed by atoms with E-state index < -0.39 is 5.09 Å². The summed E-state index contributed by atoms with van der Waals surface area (Å²) >= 11 is 0. The number of hydrogen-bond acceptors (Lipinski definition) is 4. The maximum Gasteiger partial charge on any atom is 3.00 e. The van der Waals surface area contributed by atoms with Crippen molar-refractivity contribution in [1.29, 1.82) is 0 Å². The quantitative estimate of drug-likeness (QED) is 0.326. The van der Waals surface area contributed by atoms with Crippen LogP contribution in [0.15, 0.2) is 0 Å². The monoisotopic (exact) mass is 304 g/mol. The van der Waals surface area contributed by atoms with Gasteiger partial charge >= 0.3 is 26.2 Å². The molecule has 0 heterocycles. The molecular weight excluding hydrogens is 303 g/mol. The summed E-state index contributed by atoms with van der Waals surface area (Å²) in [6.45, 7) is 0. The fourth-order valence-corrected chi connectivity index (χ4v) is 0. The number of hydrogen-bond donors (Lipinski definition) is 0. The molecule has 0 fully saturated rings. The minimum atomic E-state index is -1.75. The van der Waals surface area contributed by atoms with Crippen molar-refractivity contribution in [1.82, 2.24) is 0 Å². The van der Waals surface area contributed by atoms with Gasteiger partial charge in [0.25, 0.3) is 0 Å². The van der Waals surface area contributed by atoms with Crippen molar-refractivity contribution in [2.75, 3.05) is 0 Å². The van der Waals surface area contributed by atoms with Gasteiger partial charge in [0, 0.05) is 0 Å². The van der Waals surface area contributed by atoms with Gasteiger partial charge in [0.1, 0.15) is 0 Å². The molecule has 0 unspecified atom stereocenters. The molecule has 0 saturated heterocycles. The van der Waals surface area contributed by atoms with E-state index in [2.05, 4.69) is 0 Å². The van der Waals surface area contributed by atoms with Gasteiger partial charge in [-0.05, 0) is 0 Å². The van der Waals surface area contributed by atoms with Gasteiger partial charge in [-0.1, -0.05) is 0 Å². The minimum absolute atomic E-state index is 0. The average molecular weight is 304 g/mol. The summed E-state index contributed by atoms with van der Waals surface area (Å²) in [6, 6.07) is 0. The smallest absolute Gasteiger partial charge is 2.00 e. The van der Waals surface area contributed by atoms with E-state index in [0.717, 1.165) is 0 Å². The summed E-state index contributed by atoms with van der Waals surface area (Å²) in [7, 11) is 0. The van der Waals surface area contributed by atoms with Crippen LogP contribution in [0.4, 0.5) is 0 Å². The Hall–Kier alpha value is 0.00312. The first-order chi connectivity index (χ1) is 1.73. The van der Waals surface area contributed by atoms with Crippen molar-refractivity contribution in [3.63, 3.8) is 0 Å². The van der Waals surface area contributed by atoms with Gasteiger partial charge in [0.2, 0.25) is 0 Å². The summed E-state index contributed by atoms with van der Waals surface area (Å²) < 4.78 is 0. The van der Waals surface area contributed by atoms with Gasteiger partial charge in [0.15, 0.2) is 0 Å². The predicted octanol–water partition coefficient (Wildman–Crippen LogP) is -0.915. The molecule has 0 saturated carbocycles. The fraction of sp³-hybridized carbons (Fsp3) is 0. The largest absolute Gasteiger partial charge is 3.00 e. The van der Waals surface area contributed by atoms with Gasteiger partial charge in [-0.2, -0.15) is 0 Å². The third kappa shape index (κ3) is 9900000. The maximum absolute atomic E-state index is 8.25. The summed E-state index contributed by atoms with van der Waals surface area (Å²) in [5.74, 6) is 0. The van der Waals surface area contributed by atoms with Crippen molar-refractivity contribution in [3.05, 3.63) is 15.3 Å². The second-order valence-electron chi connectivity index (χ2n) is 0.224. The first-order valence-corrected chi connectivity index (χ1v) is 0.548. The SMILES string of the molecule is O=[N+]([O-])[O-].[Bi+3].[O-2].[OH-]. The molecule has 7 heavy (non-hydrogen) atoms. The summed E-state index contributed by atoms with van der Waals surface area (Å²) in [5.41, 5.74) is 0. The van der Waals surface area contributed by atoms with Crippen LogP contribution in [-0.4, -0.2) is 36.8 Å². The second-order valence-corrected chi connectivity index (χ2v) is 0.224. The topological polar surface area (TPSA) is 125 Å². The third-order valence-corrected chi connectivity index (χ3v) is 0. The van der Waals surface area contributed by atoms with E-state index in [1.165, 1.54) is 0 Å². The van der Waals surface area contributed by atoms with E-state index in [-0.39, 0.29) is 37.2 Å². The molecule has 0 bridgehead atoms. The molecule has 0 atom stereocenters. The third-order valence-electron chi connectivity index (χ3n) is 0. The Labute approximate surface area is 58.0 Å². The van der Waals surface area contributed by atoms with E-state index in [1.54, 1.807) is 0 Å². The van der Waals surface area contributed by atoms with E-state index in [9.17, 15) is 0 Å². The molecule has 0 aromatic rings. The van der Waals surface area contributed by atoms with Crippen LogP contribution in [-0.2, 0) is 5.48 Å². The molecule has 0 spiro atoms. The molecule has 0 aliphatic heterocycles. The zero-order chi connectivity index (χ0) is 3.58. The van der Waals surface area contributed by atoms with Crippen LogP contribution >= 0.6 is 0 Å². The van der Waals surface area contributed by atoms with Gasteiger partial charge < -0.3 is 26.3 Å². The Bertz CT molecular complexity index is 31.1. The molecule has 6 nitrogen and oxygen atoms in total. The van der Waals surface area contributed by atoms with Crippen LogP contribution in [0.2, 0.25) is 0 Å². The number of nitrogens with zero attached hydrogens (tertiary/aromatic N) is 1. The van der Waals surface area contributed by atoms with Crippen LogP contribution in [0.3, 0.4) is 0 Å². The Morgan fingerprint density at radius 1 is 1.29 bits per heavy atom. The standard InChI is InChI=1S/Bi.NO3.H2O.O/c;2-1(3)4;;/h;;1H2;/q+3;-1;;-2/p-1. The molecule has 0 amide bonds. The molecule has 0 aromatic heterocycles. The Morgan fingerprint density at radius 3 is 1.29 bits per heavy atom. The summed E-state index contributed by atoms with van der Waals surface area (Å²) in [5, 5.41) is 14.8. The van der Waals surface area contributed by atoms with Crippen molar-refractivity contribution in [2.45, 2.75) is 0 Å². The molecule has 0 aliphatic rings. The van der Waals surface area contributed by atoms with Crippen LogP contribution in [0.5, 0.6) is 0 Å². The Morgan fingerprint density at radius 2 is 1.29 bits per heavy atom. The molecule has 0 aliphatic carbocycles. The minimum Gasteiger partial charge on any atom is -2.00 e. The van der Waals surface area contributed by atoms with Gasteiger partial charge in [0.05, 0.1) is 5.09 Å². The first-order valence-electron chi connectivity index (χ1n) is 0.548. The predicted molar refractivity (Wildman–Crippen MR) is 18.7 cm³/mol. The molecular formula is HBiNO5-. The summed E-state index contributed by atoms with van der Waals surface area (Å²) in [6.07, 6.45) is 0. The van der Waals surface area contributed by atoms with E-state index >= 15 is 0 Å². The van der Waals surface area contributed by atoms with Crippen molar-refractivity contribution in [3.8, 4) is 0 Å². The zero-order valence-electron chi connectivity index (χ0n) is 2.97. The van der Waals surface area contributed by atoms with Gasteiger partial charge in [-0.25, -0.2) is 0 Å². The molecule has 0 aromatic carbocycles. The van der Waals surface area contributed by atoms with Crippen LogP contribution in [0.25, 0.3) is 0 Å². The number of rotatable bonds is 0. The van der Waals surface area contributed by atoms with E-state index in [1.807, 2.05) is 0 Å². The van der Waals surface area contributed by atoms with Crippen LogP contribution in [0, 0.1) is 15.3 Å². The van der Waals surface area contributed by atoms with Gasteiger partial charge in [-0.15, -0.1) is 0 Å². The second kappa shape index (κ2) is 16.7. The first kappa shape index (κ1) is 28.0. The van der Waals surface area contributed by atoms with Crippen molar-refractivity contribution in [2.24, 2.45) is 0 Å². The van der Waals surface area contributed by atoms with Crippen LogP contribution in [0.1, 0.15) is 0 Å². The van der Waals surface area contributed by atoms with Crippen molar-refractivity contribution >= 4 is 26.2 Å². The fourth-order valence-electron chi connectivity index (χ4n) is 0.